The molecule has 0 fully saturated rings. The summed E-state index contributed by atoms with van der Waals surface area (Å²) in [6, 6.07) is 12.6. The predicted octanol–water partition coefficient (Wildman–Crippen LogP) is 3.23. The van der Waals surface area contributed by atoms with Gasteiger partial charge in [-0.15, -0.1) is 0 Å². The molecule has 0 unspecified atom stereocenters. The Labute approximate surface area is 153 Å². The van der Waals surface area contributed by atoms with Gasteiger partial charge in [0, 0.05) is 24.1 Å². The maximum Gasteiger partial charge on any atom is 0.241 e. The van der Waals surface area contributed by atoms with Crippen LogP contribution in [0.4, 0.5) is 5.69 Å². The summed E-state index contributed by atoms with van der Waals surface area (Å²) in [7, 11) is 0. The first-order valence-corrected chi connectivity index (χ1v) is 8.73. The summed E-state index contributed by atoms with van der Waals surface area (Å²) in [5, 5.41) is 2.84. The Balaban J connectivity index is 1.61. The van der Waals surface area contributed by atoms with Crippen LogP contribution in [0.5, 0.6) is 5.75 Å². The van der Waals surface area contributed by atoms with Crippen LogP contribution in [0, 0.1) is 5.92 Å². The molecule has 0 spiro atoms. The van der Waals surface area contributed by atoms with Crippen molar-refractivity contribution in [3.8, 4) is 5.75 Å². The molecule has 3 aromatic rings. The fourth-order valence-corrected chi connectivity index (χ4v) is 2.73. The lowest BCUT2D eigenvalue weighted by Crippen LogP contribution is -2.36. The highest BCUT2D eigenvalue weighted by Gasteiger charge is 2.15. The number of nitrogens with one attached hydrogen (secondary N) is 1. The molecule has 1 aromatic carbocycles. The van der Waals surface area contributed by atoms with Crippen LogP contribution < -0.4 is 15.8 Å². The van der Waals surface area contributed by atoms with Crippen LogP contribution in [0.1, 0.15) is 26.0 Å². The van der Waals surface area contributed by atoms with E-state index in [4.69, 9.17) is 10.5 Å². The fraction of sp³-hybridized carbons (Fsp3) is 0.300. The topological polar surface area (TPSA) is 81.7 Å². The van der Waals surface area contributed by atoms with Crippen molar-refractivity contribution in [2.75, 3.05) is 5.32 Å². The number of aromatic nitrogens is 2. The summed E-state index contributed by atoms with van der Waals surface area (Å²) in [6.45, 7) is 4.44. The number of amides is 1. The molecule has 6 nitrogen and oxygen atoms in total. The van der Waals surface area contributed by atoms with Gasteiger partial charge in [0.2, 0.25) is 5.91 Å². The monoisotopic (exact) mass is 352 g/mol. The highest BCUT2D eigenvalue weighted by Crippen LogP contribution is 2.19. The number of carbonyl (C=O) groups excluding carboxylic acids is 1. The van der Waals surface area contributed by atoms with E-state index in [9.17, 15) is 4.79 Å². The number of imidazole rings is 1. The summed E-state index contributed by atoms with van der Waals surface area (Å²) in [5.41, 5.74) is 8.31. The van der Waals surface area contributed by atoms with Gasteiger partial charge in [0.25, 0.3) is 0 Å². The molecular weight excluding hydrogens is 328 g/mol. The Morgan fingerprint density at radius 2 is 2.12 bits per heavy atom. The minimum Gasteiger partial charge on any atom is -0.487 e. The third-order valence-electron chi connectivity index (χ3n) is 3.96. The Morgan fingerprint density at radius 1 is 1.27 bits per heavy atom. The van der Waals surface area contributed by atoms with Gasteiger partial charge in [-0.3, -0.25) is 4.79 Å². The minimum absolute atomic E-state index is 0.184. The molecule has 0 bridgehead atoms. The largest absolute Gasteiger partial charge is 0.487 e. The van der Waals surface area contributed by atoms with Gasteiger partial charge >= 0.3 is 0 Å². The van der Waals surface area contributed by atoms with Crippen LogP contribution in [-0.2, 0) is 11.4 Å². The SMILES string of the molecule is CC(C)C[C@H](N)C(=O)Nc1cccc(OCc2cn3ccccc3n2)c1. The summed E-state index contributed by atoms with van der Waals surface area (Å²) in [5.74, 6) is 0.851. The van der Waals surface area contributed by atoms with Crippen LogP contribution in [0.2, 0.25) is 0 Å². The van der Waals surface area contributed by atoms with Crippen LogP contribution in [-0.4, -0.2) is 21.3 Å². The number of hydrogen-bond donors (Lipinski definition) is 2. The predicted molar refractivity (Wildman–Crippen MR) is 102 cm³/mol. The molecule has 26 heavy (non-hydrogen) atoms. The first-order chi connectivity index (χ1) is 12.5. The van der Waals surface area contributed by atoms with E-state index in [1.54, 1.807) is 6.07 Å². The minimum atomic E-state index is -0.516. The standard InChI is InChI=1S/C20H24N4O2/c1-14(2)10-18(21)20(25)23-15-6-5-7-17(11-15)26-13-16-12-24-9-4-3-8-19(24)22-16/h3-9,11-12,14,18H,10,13,21H2,1-2H3,(H,23,25)/t18-/m0/s1. The smallest absolute Gasteiger partial charge is 0.241 e. The van der Waals surface area contributed by atoms with Crippen molar-refractivity contribution in [3.63, 3.8) is 0 Å². The number of ether oxygens (including phenoxy) is 1. The van der Waals surface area contributed by atoms with Crippen molar-refractivity contribution in [1.82, 2.24) is 9.38 Å². The van der Waals surface area contributed by atoms with Gasteiger partial charge in [0.15, 0.2) is 0 Å². The number of benzene rings is 1. The Hall–Kier alpha value is -2.86. The van der Waals surface area contributed by atoms with Crippen molar-refractivity contribution in [3.05, 3.63) is 60.6 Å². The van der Waals surface area contributed by atoms with E-state index in [1.165, 1.54) is 0 Å². The molecule has 0 aliphatic heterocycles. The number of rotatable bonds is 7. The number of anilines is 1. The Kier molecular flexibility index (Phi) is 5.53. The van der Waals surface area contributed by atoms with Crippen molar-refractivity contribution >= 4 is 17.2 Å². The van der Waals surface area contributed by atoms with Gasteiger partial charge in [0.1, 0.15) is 18.0 Å². The summed E-state index contributed by atoms with van der Waals surface area (Å²) in [6.07, 6.45) is 4.53. The molecule has 1 amide bonds. The third-order valence-corrected chi connectivity index (χ3v) is 3.96. The van der Waals surface area contributed by atoms with Crippen molar-refractivity contribution in [2.24, 2.45) is 11.7 Å². The second-order valence-electron chi connectivity index (χ2n) is 6.74. The quantitative estimate of drug-likeness (QED) is 0.684. The molecule has 6 heteroatoms. The molecule has 3 N–H and O–H groups in total. The molecular formula is C20H24N4O2. The molecule has 2 heterocycles. The maximum absolute atomic E-state index is 12.1. The molecule has 3 rings (SSSR count). The first kappa shape index (κ1) is 17.9. The second-order valence-corrected chi connectivity index (χ2v) is 6.74. The number of hydrogen-bond acceptors (Lipinski definition) is 4. The lowest BCUT2D eigenvalue weighted by Gasteiger charge is -2.14. The Morgan fingerprint density at radius 3 is 2.88 bits per heavy atom. The normalized spacial score (nSPS) is 12.3. The van der Waals surface area contributed by atoms with Gasteiger partial charge in [-0.25, -0.2) is 4.98 Å². The van der Waals surface area contributed by atoms with E-state index in [1.807, 2.05) is 67.0 Å². The lowest BCUT2D eigenvalue weighted by atomic mass is 10.0. The zero-order chi connectivity index (χ0) is 18.5. The van der Waals surface area contributed by atoms with Crippen LogP contribution in [0.15, 0.2) is 54.9 Å². The molecule has 0 saturated heterocycles. The molecule has 0 saturated carbocycles. The fourth-order valence-electron chi connectivity index (χ4n) is 2.73. The zero-order valence-electron chi connectivity index (χ0n) is 15.1. The number of nitrogens with zero attached hydrogens (tertiary/aromatic N) is 2. The van der Waals surface area contributed by atoms with Crippen molar-refractivity contribution in [2.45, 2.75) is 32.9 Å². The van der Waals surface area contributed by atoms with Gasteiger partial charge in [0.05, 0.1) is 11.7 Å². The number of pyridine rings is 1. The Bertz CT molecular complexity index is 855. The summed E-state index contributed by atoms with van der Waals surface area (Å²) >= 11 is 0. The molecule has 0 aliphatic carbocycles. The molecule has 1 atom stereocenters. The molecule has 2 aromatic heterocycles. The summed E-state index contributed by atoms with van der Waals surface area (Å²) < 4.78 is 7.76. The molecule has 0 aliphatic rings. The van der Waals surface area contributed by atoms with Gasteiger partial charge < -0.3 is 20.2 Å². The zero-order valence-corrected chi connectivity index (χ0v) is 15.1. The van der Waals surface area contributed by atoms with Crippen LogP contribution in [0.25, 0.3) is 5.65 Å². The maximum atomic E-state index is 12.1. The average Bonchev–Trinajstić information content (AvgIpc) is 3.02. The van der Waals surface area contributed by atoms with Crippen LogP contribution in [0.3, 0.4) is 0 Å². The highest BCUT2D eigenvalue weighted by molar-refractivity contribution is 5.94. The average molecular weight is 352 g/mol. The number of fused-ring (bicyclic) bond motifs is 1. The highest BCUT2D eigenvalue weighted by atomic mass is 16.5. The number of nitrogens with two attached hydrogens (primary N) is 1. The molecule has 136 valence electrons. The third kappa shape index (κ3) is 4.61. The van der Waals surface area contributed by atoms with Gasteiger partial charge in [-0.05, 0) is 36.6 Å². The lowest BCUT2D eigenvalue weighted by molar-refractivity contribution is -0.117. The van der Waals surface area contributed by atoms with E-state index in [-0.39, 0.29) is 5.91 Å². The van der Waals surface area contributed by atoms with E-state index in [2.05, 4.69) is 10.3 Å². The van der Waals surface area contributed by atoms with Crippen molar-refractivity contribution in [1.29, 1.82) is 0 Å². The van der Waals surface area contributed by atoms with E-state index < -0.39 is 6.04 Å². The molecule has 0 radical (unpaired) electrons. The van der Waals surface area contributed by atoms with Crippen molar-refractivity contribution < 1.29 is 9.53 Å². The first-order valence-electron chi connectivity index (χ1n) is 8.73. The second kappa shape index (κ2) is 8.01. The van der Waals surface area contributed by atoms with E-state index in [0.717, 1.165) is 11.3 Å². The number of carbonyl (C=O) groups is 1. The van der Waals surface area contributed by atoms with E-state index in [0.29, 0.717) is 30.4 Å². The van der Waals surface area contributed by atoms with E-state index >= 15 is 0 Å². The van der Waals surface area contributed by atoms with Crippen LogP contribution >= 0.6 is 0 Å². The van der Waals surface area contributed by atoms with Gasteiger partial charge in [-0.1, -0.05) is 26.0 Å². The van der Waals surface area contributed by atoms with Gasteiger partial charge in [-0.2, -0.15) is 0 Å². The summed E-state index contributed by atoms with van der Waals surface area (Å²) in [4.78, 5) is 16.6.